The maximum absolute atomic E-state index is 12.5. The molecule has 1 aliphatic carbocycles. The third-order valence-corrected chi connectivity index (χ3v) is 7.47. The summed E-state index contributed by atoms with van der Waals surface area (Å²) in [7, 11) is 0. The standard InChI is InChI=1S/C27H30ClNO4/c28-22-9-7-21(8-10-22)27(16-1-2-17-27)24(30)13-11-23-12-14-25(31)29(23)18-15-19-3-5-20(6-4-19)26(32)33/h3-11,13,23-24,30H,1-2,12,14-18H2,(H,32,33)/t23-,24-/m0/s1. The van der Waals surface area contributed by atoms with Gasteiger partial charge in [-0.3, -0.25) is 4.79 Å². The van der Waals surface area contributed by atoms with E-state index >= 15 is 0 Å². The predicted molar refractivity (Wildman–Crippen MR) is 129 cm³/mol. The number of halogens is 1. The zero-order valence-electron chi connectivity index (χ0n) is 18.6. The number of hydrogen-bond acceptors (Lipinski definition) is 3. The fourth-order valence-electron chi connectivity index (χ4n) is 5.27. The molecule has 2 aromatic rings. The molecule has 4 rings (SSSR count). The lowest BCUT2D eigenvalue weighted by atomic mass is 9.74. The fraction of sp³-hybridized carbons (Fsp3) is 0.407. The number of benzene rings is 2. The maximum atomic E-state index is 12.5. The van der Waals surface area contributed by atoms with Crippen LogP contribution < -0.4 is 0 Å². The molecule has 1 aliphatic heterocycles. The lowest BCUT2D eigenvalue weighted by molar-refractivity contribution is -0.128. The summed E-state index contributed by atoms with van der Waals surface area (Å²) in [6.45, 7) is 0.568. The van der Waals surface area contributed by atoms with Crippen LogP contribution in [0, 0.1) is 0 Å². The number of aromatic carboxylic acids is 1. The summed E-state index contributed by atoms with van der Waals surface area (Å²) < 4.78 is 0. The normalized spacial score (nSPS) is 21.1. The van der Waals surface area contributed by atoms with Crippen LogP contribution in [0.2, 0.25) is 5.02 Å². The number of rotatable bonds is 8. The molecule has 2 atom stereocenters. The Morgan fingerprint density at radius 3 is 2.42 bits per heavy atom. The Balaban J connectivity index is 1.43. The third-order valence-electron chi connectivity index (χ3n) is 7.21. The summed E-state index contributed by atoms with van der Waals surface area (Å²) in [6, 6.07) is 14.6. The molecule has 1 saturated carbocycles. The number of carboxylic acid groups (broad SMARTS) is 1. The van der Waals surface area contributed by atoms with Gasteiger partial charge in [0.2, 0.25) is 5.91 Å². The van der Waals surface area contributed by atoms with Gasteiger partial charge in [-0.25, -0.2) is 4.79 Å². The lowest BCUT2D eigenvalue weighted by Crippen LogP contribution is -2.37. The highest BCUT2D eigenvalue weighted by Crippen LogP contribution is 2.44. The molecule has 1 heterocycles. The topological polar surface area (TPSA) is 77.8 Å². The Kier molecular flexibility index (Phi) is 7.20. The zero-order valence-corrected chi connectivity index (χ0v) is 19.4. The lowest BCUT2D eigenvalue weighted by Gasteiger charge is -2.34. The summed E-state index contributed by atoms with van der Waals surface area (Å²) in [6.07, 6.45) is 9.20. The molecule has 0 unspecified atom stereocenters. The molecule has 1 saturated heterocycles. The van der Waals surface area contributed by atoms with E-state index < -0.39 is 12.1 Å². The Morgan fingerprint density at radius 1 is 1.12 bits per heavy atom. The van der Waals surface area contributed by atoms with Crippen molar-refractivity contribution < 1.29 is 19.8 Å². The Bertz CT molecular complexity index is 1010. The average Bonchev–Trinajstić information content (AvgIpc) is 3.44. The highest BCUT2D eigenvalue weighted by atomic mass is 35.5. The van der Waals surface area contributed by atoms with E-state index in [1.54, 1.807) is 24.3 Å². The minimum absolute atomic E-state index is 0.0332. The molecule has 2 N–H and O–H groups in total. The monoisotopic (exact) mass is 467 g/mol. The van der Waals surface area contributed by atoms with Crippen molar-refractivity contribution in [3.05, 3.63) is 82.4 Å². The van der Waals surface area contributed by atoms with Gasteiger partial charge in [0, 0.05) is 23.4 Å². The molecule has 5 nitrogen and oxygen atoms in total. The number of likely N-dealkylation sites (tertiary alicyclic amines) is 1. The summed E-state index contributed by atoms with van der Waals surface area (Å²) in [5, 5.41) is 21.0. The van der Waals surface area contributed by atoms with E-state index in [4.69, 9.17) is 16.7 Å². The Morgan fingerprint density at radius 2 is 1.79 bits per heavy atom. The molecule has 0 aromatic heterocycles. The van der Waals surface area contributed by atoms with Crippen LogP contribution in [-0.2, 0) is 16.6 Å². The summed E-state index contributed by atoms with van der Waals surface area (Å²) in [5.41, 5.74) is 2.06. The van der Waals surface area contributed by atoms with Gasteiger partial charge in [0.15, 0.2) is 0 Å². The van der Waals surface area contributed by atoms with Crippen LogP contribution in [-0.4, -0.2) is 45.7 Å². The van der Waals surface area contributed by atoms with Crippen LogP contribution in [0.5, 0.6) is 0 Å². The smallest absolute Gasteiger partial charge is 0.335 e. The number of amides is 1. The van der Waals surface area contributed by atoms with E-state index in [0.717, 1.165) is 43.2 Å². The van der Waals surface area contributed by atoms with E-state index in [0.29, 0.717) is 24.4 Å². The largest absolute Gasteiger partial charge is 0.478 e. The molecule has 1 amide bonds. The van der Waals surface area contributed by atoms with Crippen molar-refractivity contribution in [2.75, 3.05) is 6.54 Å². The zero-order chi connectivity index (χ0) is 23.4. The van der Waals surface area contributed by atoms with Gasteiger partial charge in [-0.15, -0.1) is 0 Å². The molecule has 2 fully saturated rings. The second-order valence-corrected chi connectivity index (χ2v) is 9.58. The van der Waals surface area contributed by atoms with Gasteiger partial charge in [0.1, 0.15) is 0 Å². The highest BCUT2D eigenvalue weighted by Gasteiger charge is 2.41. The van der Waals surface area contributed by atoms with Crippen molar-refractivity contribution >= 4 is 23.5 Å². The third kappa shape index (κ3) is 5.15. The molecule has 174 valence electrons. The van der Waals surface area contributed by atoms with Gasteiger partial charge >= 0.3 is 5.97 Å². The molecular formula is C27H30ClNO4. The van der Waals surface area contributed by atoms with Gasteiger partial charge < -0.3 is 15.1 Å². The van der Waals surface area contributed by atoms with Crippen molar-refractivity contribution in [3.63, 3.8) is 0 Å². The van der Waals surface area contributed by atoms with E-state index in [-0.39, 0.29) is 22.9 Å². The van der Waals surface area contributed by atoms with Crippen molar-refractivity contribution in [2.45, 2.75) is 62.5 Å². The SMILES string of the molecule is O=C(O)c1ccc(CCN2C(=O)CC[C@@H]2C=C[C@H](O)C2(c3ccc(Cl)cc3)CCCC2)cc1. The molecule has 2 aromatic carbocycles. The first kappa shape index (κ1) is 23.5. The van der Waals surface area contributed by atoms with Crippen LogP contribution in [0.1, 0.15) is 60.0 Å². The number of aliphatic hydroxyl groups excluding tert-OH is 1. The Labute approximate surface area is 199 Å². The van der Waals surface area contributed by atoms with Crippen molar-refractivity contribution in [1.82, 2.24) is 4.90 Å². The first-order chi connectivity index (χ1) is 15.9. The van der Waals surface area contributed by atoms with Gasteiger partial charge in [-0.05, 0) is 61.1 Å². The predicted octanol–water partition coefficient (Wildman–Crippen LogP) is 5.00. The van der Waals surface area contributed by atoms with Gasteiger partial charge in [-0.1, -0.05) is 60.9 Å². The molecular weight excluding hydrogens is 438 g/mol. The van der Waals surface area contributed by atoms with E-state index in [1.807, 2.05) is 41.3 Å². The summed E-state index contributed by atoms with van der Waals surface area (Å²) in [4.78, 5) is 25.4. The molecule has 33 heavy (non-hydrogen) atoms. The fourth-order valence-corrected chi connectivity index (χ4v) is 5.40. The van der Waals surface area contributed by atoms with Crippen molar-refractivity contribution in [1.29, 1.82) is 0 Å². The molecule has 0 spiro atoms. The second kappa shape index (κ2) is 10.1. The molecule has 0 radical (unpaired) electrons. The van der Waals surface area contributed by atoms with Gasteiger partial charge in [-0.2, -0.15) is 0 Å². The first-order valence-electron chi connectivity index (χ1n) is 11.6. The highest BCUT2D eigenvalue weighted by molar-refractivity contribution is 6.30. The summed E-state index contributed by atoms with van der Waals surface area (Å²) in [5.74, 6) is -0.826. The Hall–Kier alpha value is -2.63. The minimum Gasteiger partial charge on any atom is -0.478 e. The molecule has 6 heteroatoms. The van der Waals surface area contributed by atoms with Crippen LogP contribution in [0.25, 0.3) is 0 Å². The van der Waals surface area contributed by atoms with Gasteiger partial charge in [0.05, 0.1) is 17.7 Å². The van der Waals surface area contributed by atoms with Crippen molar-refractivity contribution in [2.24, 2.45) is 0 Å². The molecule has 2 aliphatic rings. The van der Waals surface area contributed by atoms with Crippen LogP contribution in [0.3, 0.4) is 0 Å². The quantitative estimate of drug-likeness (QED) is 0.535. The van der Waals surface area contributed by atoms with Crippen LogP contribution in [0.15, 0.2) is 60.7 Å². The van der Waals surface area contributed by atoms with Crippen LogP contribution >= 0.6 is 11.6 Å². The number of carboxylic acids is 1. The van der Waals surface area contributed by atoms with Crippen LogP contribution in [0.4, 0.5) is 0 Å². The molecule has 0 bridgehead atoms. The minimum atomic E-state index is -0.946. The number of carbonyl (C=O) groups is 2. The first-order valence-corrected chi connectivity index (χ1v) is 12.0. The van der Waals surface area contributed by atoms with E-state index in [9.17, 15) is 14.7 Å². The number of nitrogens with zero attached hydrogens (tertiary/aromatic N) is 1. The van der Waals surface area contributed by atoms with Crippen molar-refractivity contribution in [3.8, 4) is 0 Å². The van der Waals surface area contributed by atoms with Gasteiger partial charge in [0.25, 0.3) is 0 Å². The number of carbonyl (C=O) groups excluding carboxylic acids is 1. The summed E-state index contributed by atoms with van der Waals surface area (Å²) >= 11 is 6.08. The van der Waals surface area contributed by atoms with E-state index in [2.05, 4.69) is 0 Å². The number of hydrogen-bond donors (Lipinski definition) is 2. The second-order valence-electron chi connectivity index (χ2n) is 9.15. The average molecular weight is 468 g/mol. The number of aliphatic hydroxyl groups is 1. The van der Waals surface area contributed by atoms with E-state index in [1.165, 1.54) is 0 Å². The maximum Gasteiger partial charge on any atom is 0.335 e.